The molecule has 0 unspecified atom stereocenters. The predicted octanol–water partition coefficient (Wildman–Crippen LogP) is 1.79. The van der Waals surface area contributed by atoms with Gasteiger partial charge in [0.25, 0.3) is 0 Å². The second-order valence-corrected chi connectivity index (χ2v) is 3.71. The first-order chi connectivity index (χ1) is 6.90. The van der Waals surface area contributed by atoms with Crippen LogP contribution in [0.15, 0.2) is 12.2 Å². The van der Waals surface area contributed by atoms with E-state index in [1.165, 1.54) is 0 Å². The molecular weight excluding hydrogens is 196 g/mol. The summed E-state index contributed by atoms with van der Waals surface area (Å²) in [7, 11) is 0. The molecule has 15 heavy (non-hydrogen) atoms. The minimum atomic E-state index is -0.965. The topological polar surface area (TPSA) is 63.6 Å². The van der Waals surface area contributed by atoms with Gasteiger partial charge in [-0.25, -0.2) is 0 Å². The van der Waals surface area contributed by atoms with Crippen LogP contribution in [-0.2, 0) is 14.3 Å². The largest absolute Gasteiger partial charge is 0.481 e. The lowest BCUT2D eigenvalue weighted by molar-refractivity contribution is -0.144. The SMILES string of the molecule is C/C=C\COC(C)(C)C(=O)CCC(=O)O. The van der Waals surface area contributed by atoms with Crippen molar-refractivity contribution in [2.75, 3.05) is 6.61 Å². The molecule has 0 fully saturated rings. The fraction of sp³-hybridized carbons (Fsp3) is 0.636. The molecular formula is C11H18O4. The smallest absolute Gasteiger partial charge is 0.303 e. The molecule has 0 radical (unpaired) electrons. The van der Waals surface area contributed by atoms with Crippen LogP contribution in [0.1, 0.15) is 33.6 Å². The van der Waals surface area contributed by atoms with Gasteiger partial charge in [0.1, 0.15) is 5.60 Å². The molecule has 0 aromatic rings. The van der Waals surface area contributed by atoms with Crippen molar-refractivity contribution >= 4 is 11.8 Å². The monoisotopic (exact) mass is 214 g/mol. The zero-order valence-electron chi connectivity index (χ0n) is 9.45. The minimum Gasteiger partial charge on any atom is -0.481 e. The number of aliphatic carboxylic acids is 1. The third-order valence-corrected chi connectivity index (χ3v) is 2.01. The van der Waals surface area contributed by atoms with Crippen molar-refractivity contribution in [3.8, 4) is 0 Å². The third kappa shape index (κ3) is 6.01. The van der Waals surface area contributed by atoms with Crippen LogP contribution < -0.4 is 0 Å². The summed E-state index contributed by atoms with van der Waals surface area (Å²) < 4.78 is 5.33. The number of Topliss-reactive ketones (excluding diaryl/α,β-unsaturated/α-hetero) is 1. The van der Waals surface area contributed by atoms with Crippen molar-refractivity contribution in [2.45, 2.75) is 39.2 Å². The summed E-state index contributed by atoms with van der Waals surface area (Å²) in [5.74, 6) is -1.15. The minimum absolute atomic E-state index is 0.0121. The molecule has 86 valence electrons. The summed E-state index contributed by atoms with van der Waals surface area (Å²) >= 11 is 0. The first-order valence-electron chi connectivity index (χ1n) is 4.90. The normalized spacial score (nSPS) is 11.9. The van der Waals surface area contributed by atoms with Crippen molar-refractivity contribution in [3.05, 3.63) is 12.2 Å². The number of carbonyl (C=O) groups excluding carboxylic acids is 1. The van der Waals surface area contributed by atoms with Gasteiger partial charge in [-0.3, -0.25) is 9.59 Å². The molecule has 0 aliphatic rings. The Morgan fingerprint density at radius 2 is 1.93 bits per heavy atom. The fourth-order valence-electron chi connectivity index (χ4n) is 0.955. The third-order valence-electron chi connectivity index (χ3n) is 2.01. The van der Waals surface area contributed by atoms with Crippen LogP contribution >= 0.6 is 0 Å². The number of carboxylic acids is 1. The lowest BCUT2D eigenvalue weighted by Crippen LogP contribution is -2.35. The Balaban J connectivity index is 4.07. The van der Waals surface area contributed by atoms with Gasteiger partial charge in [0, 0.05) is 6.42 Å². The molecule has 0 aliphatic carbocycles. The molecule has 0 amide bonds. The maximum Gasteiger partial charge on any atom is 0.303 e. The standard InChI is InChI=1S/C11H18O4/c1-4-5-8-15-11(2,3)9(12)6-7-10(13)14/h4-5H,6-8H2,1-3H3,(H,13,14)/b5-4-. The van der Waals surface area contributed by atoms with E-state index in [0.29, 0.717) is 6.61 Å². The van der Waals surface area contributed by atoms with Crippen LogP contribution in [0.2, 0.25) is 0 Å². The molecule has 0 atom stereocenters. The molecule has 0 saturated carbocycles. The van der Waals surface area contributed by atoms with Crippen LogP contribution in [0.5, 0.6) is 0 Å². The average molecular weight is 214 g/mol. The number of allylic oxidation sites excluding steroid dienone is 1. The van der Waals surface area contributed by atoms with E-state index in [0.717, 1.165) is 0 Å². The maximum absolute atomic E-state index is 11.6. The van der Waals surface area contributed by atoms with Crippen LogP contribution in [0.4, 0.5) is 0 Å². The first-order valence-corrected chi connectivity index (χ1v) is 4.90. The molecule has 4 nitrogen and oxygen atoms in total. The number of ether oxygens (including phenoxy) is 1. The lowest BCUT2D eigenvalue weighted by Gasteiger charge is -2.22. The lowest BCUT2D eigenvalue weighted by atomic mass is 9.99. The molecule has 0 heterocycles. The zero-order valence-corrected chi connectivity index (χ0v) is 9.45. The van der Waals surface area contributed by atoms with Gasteiger partial charge in [-0.05, 0) is 20.8 Å². The van der Waals surface area contributed by atoms with Crippen molar-refractivity contribution in [1.82, 2.24) is 0 Å². The van der Waals surface area contributed by atoms with E-state index in [4.69, 9.17) is 9.84 Å². The van der Waals surface area contributed by atoms with Crippen molar-refractivity contribution in [3.63, 3.8) is 0 Å². The zero-order chi connectivity index (χ0) is 11.9. The summed E-state index contributed by atoms with van der Waals surface area (Å²) in [5.41, 5.74) is -0.908. The average Bonchev–Trinajstić information content (AvgIpc) is 2.14. The van der Waals surface area contributed by atoms with Gasteiger partial charge in [-0.15, -0.1) is 0 Å². The van der Waals surface area contributed by atoms with E-state index >= 15 is 0 Å². The van der Waals surface area contributed by atoms with Crippen molar-refractivity contribution in [2.24, 2.45) is 0 Å². The van der Waals surface area contributed by atoms with Gasteiger partial charge < -0.3 is 9.84 Å². The molecule has 1 N–H and O–H groups in total. The molecule has 0 aromatic carbocycles. The Morgan fingerprint density at radius 3 is 2.40 bits per heavy atom. The highest BCUT2D eigenvalue weighted by Crippen LogP contribution is 2.14. The Hall–Kier alpha value is -1.16. The summed E-state index contributed by atoms with van der Waals surface area (Å²) in [6, 6.07) is 0. The van der Waals surface area contributed by atoms with Gasteiger partial charge in [-0.1, -0.05) is 12.2 Å². The van der Waals surface area contributed by atoms with Crippen LogP contribution in [0.3, 0.4) is 0 Å². The number of rotatable bonds is 7. The van der Waals surface area contributed by atoms with E-state index in [-0.39, 0.29) is 18.6 Å². The van der Waals surface area contributed by atoms with Crippen LogP contribution in [-0.4, -0.2) is 29.1 Å². The number of hydrogen-bond acceptors (Lipinski definition) is 3. The fourth-order valence-corrected chi connectivity index (χ4v) is 0.955. The summed E-state index contributed by atoms with van der Waals surface area (Å²) in [6.07, 6.45) is 3.50. The Morgan fingerprint density at radius 1 is 1.33 bits per heavy atom. The Bertz CT molecular complexity index is 253. The highest BCUT2D eigenvalue weighted by molar-refractivity contribution is 5.88. The van der Waals surface area contributed by atoms with Crippen molar-refractivity contribution in [1.29, 1.82) is 0 Å². The van der Waals surface area contributed by atoms with Crippen molar-refractivity contribution < 1.29 is 19.4 Å². The van der Waals surface area contributed by atoms with Crippen LogP contribution in [0.25, 0.3) is 0 Å². The van der Waals surface area contributed by atoms with Crippen LogP contribution in [0, 0.1) is 0 Å². The molecule has 0 saturated heterocycles. The molecule has 4 heteroatoms. The highest BCUT2D eigenvalue weighted by Gasteiger charge is 2.27. The summed E-state index contributed by atoms with van der Waals surface area (Å²) in [4.78, 5) is 21.8. The van der Waals surface area contributed by atoms with Gasteiger partial charge in [0.2, 0.25) is 0 Å². The molecule has 0 aliphatic heterocycles. The number of carboxylic acid groups (broad SMARTS) is 1. The van der Waals surface area contributed by atoms with E-state index in [1.54, 1.807) is 19.9 Å². The second kappa shape index (κ2) is 6.35. The predicted molar refractivity (Wildman–Crippen MR) is 56.7 cm³/mol. The van der Waals surface area contributed by atoms with E-state index in [2.05, 4.69) is 0 Å². The molecule has 0 aromatic heterocycles. The molecule has 0 spiro atoms. The Kier molecular flexibility index (Phi) is 5.86. The summed E-state index contributed by atoms with van der Waals surface area (Å²) in [5, 5.41) is 8.44. The Labute approximate surface area is 89.9 Å². The number of carbonyl (C=O) groups is 2. The van der Waals surface area contributed by atoms with Gasteiger partial charge in [0.15, 0.2) is 5.78 Å². The quantitative estimate of drug-likeness (QED) is 0.656. The van der Waals surface area contributed by atoms with E-state index < -0.39 is 11.6 Å². The number of ketones is 1. The summed E-state index contributed by atoms with van der Waals surface area (Å²) in [6.45, 7) is 5.53. The van der Waals surface area contributed by atoms with E-state index in [1.807, 2.05) is 13.0 Å². The van der Waals surface area contributed by atoms with Gasteiger partial charge >= 0.3 is 5.97 Å². The highest BCUT2D eigenvalue weighted by atomic mass is 16.5. The first kappa shape index (κ1) is 13.8. The maximum atomic E-state index is 11.6. The van der Waals surface area contributed by atoms with Gasteiger partial charge in [-0.2, -0.15) is 0 Å². The second-order valence-electron chi connectivity index (χ2n) is 3.71. The van der Waals surface area contributed by atoms with Gasteiger partial charge in [0.05, 0.1) is 13.0 Å². The van der Waals surface area contributed by atoms with E-state index in [9.17, 15) is 9.59 Å². The molecule has 0 rings (SSSR count). The molecule has 0 bridgehead atoms. The number of hydrogen-bond donors (Lipinski definition) is 1.